The first-order valence-corrected chi connectivity index (χ1v) is 6.74. The molecule has 0 heterocycles. The molecule has 1 unspecified atom stereocenters. The van der Waals surface area contributed by atoms with Crippen LogP contribution in [0.3, 0.4) is 0 Å². The van der Waals surface area contributed by atoms with Crippen LogP contribution in [0.25, 0.3) is 0 Å². The number of nitrogens with one attached hydrogen (secondary N) is 1. The molecule has 0 aliphatic heterocycles. The highest BCUT2D eigenvalue weighted by atomic mass is 79.9. The Morgan fingerprint density at radius 3 is 2.50 bits per heavy atom. The van der Waals surface area contributed by atoms with Crippen molar-refractivity contribution in [3.63, 3.8) is 0 Å². The standard InChI is InChI=1S/C15H11BrF2N2/c16-12-6-15(14(18)7-13(12)17)20-9-11(8-19)10-4-2-1-3-5-10/h1-7,11,20H,9H2. The number of rotatable bonds is 4. The molecule has 2 rings (SSSR count). The van der Waals surface area contributed by atoms with Crippen LogP contribution < -0.4 is 5.32 Å². The van der Waals surface area contributed by atoms with Gasteiger partial charge in [-0.2, -0.15) is 5.26 Å². The molecule has 0 amide bonds. The van der Waals surface area contributed by atoms with E-state index in [9.17, 15) is 14.0 Å². The van der Waals surface area contributed by atoms with Crippen molar-refractivity contribution < 1.29 is 8.78 Å². The maximum Gasteiger partial charge on any atom is 0.149 e. The van der Waals surface area contributed by atoms with Crippen LogP contribution in [0, 0.1) is 23.0 Å². The van der Waals surface area contributed by atoms with Crippen molar-refractivity contribution in [3.05, 3.63) is 64.1 Å². The van der Waals surface area contributed by atoms with Crippen LogP contribution in [0.5, 0.6) is 0 Å². The molecule has 0 saturated carbocycles. The number of anilines is 1. The maximum absolute atomic E-state index is 13.6. The van der Waals surface area contributed by atoms with E-state index in [0.29, 0.717) is 0 Å². The topological polar surface area (TPSA) is 35.8 Å². The predicted molar refractivity (Wildman–Crippen MR) is 77.3 cm³/mol. The molecule has 2 nitrogen and oxygen atoms in total. The third kappa shape index (κ3) is 3.34. The lowest BCUT2D eigenvalue weighted by atomic mass is 10.0. The number of nitriles is 1. The van der Waals surface area contributed by atoms with Crippen molar-refractivity contribution in [3.8, 4) is 6.07 Å². The van der Waals surface area contributed by atoms with Gasteiger partial charge in [-0.3, -0.25) is 0 Å². The molecule has 0 aliphatic carbocycles. The number of benzene rings is 2. The molecular formula is C15H11BrF2N2. The monoisotopic (exact) mass is 336 g/mol. The SMILES string of the molecule is N#CC(CNc1cc(Br)c(F)cc1F)c1ccccc1. The predicted octanol–water partition coefficient (Wildman–Crippen LogP) is 4.45. The molecule has 1 atom stereocenters. The zero-order valence-electron chi connectivity index (χ0n) is 10.4. The minimum atomic E-state index is -0.685. The summed E-state index contributed by atoms with van der Waals surface area (Å²) in [5.74, 6) is -1.75. The van der Waals surface area contributed by atoms with Crippen molar-refractivity contribution in [2.24, 2.45) is 0 Å². The Morgan fingerprint density at radius 1 is 1.15 bits per heavy atom. The van der Waals surface area contributed by atoms with Gasteiger partial charge in [0.15, 0.2) is 0 Å². The van der Waals surface area contributed by atoms with Crippen molar-refractivity contribution in [2.45, 2.75) is 5.92 Å². The molecule has 1 N–H and O–H groups in total. The Balaban J connectivity index is 2.12. The van der Waals surface area contributed by atoms with E-state index in [2.05, 4.69) is 27.3 Å². The van der Waals surface area contributed by atoms with Gasteiger partial charge < -0.3 is 5.32 Å². The lowest BCUT2D eigenvalue weighted by molar-refractivity contribution is 0.580. The first-order chi connectivity index (χ1) is 9.61. The second-order valence-electron chi connectivity index (χ2n) is 4.22. The summed E-state index contributed by atoms with van der Waals surface area (Å²) in [6.07, 6.45) is 0. The lowest BCUT2D eigenvalue weighted by Crippen LogP contribution is -2.12. The van der Waals surface area contributed by atoms with Gasteiger partial charge in [0.25, 0.3) is 0 Å². The molecule has 0 spiro atoms. The number of hydrogen-bond acceptors (Lipinski definition) is 2. The summed E-state index contributed by atoms with van der Waals surface area (Å²) in [6.45, 7) is 0.246. The highest BCUT2D eigenvalue weighted by molar-refractivity contribution is 9.10. The summed E-state index contributed by atoms with van der Waals surface area (Å²) >= 11 is 3.00. The minimum absolute atomic E-state index is 0.162. The molecule has 5 heteroatoms. The zero-order chi connectivity index (χ0) is 14.5. The molecule has 0 aromatic heterocycles. The Morgan fingerprint density at radius 2 is 1.85 bits per heavy atom. The van der Waals surface area contributed by atoms with Crippen molar-refractivity contribution in [1.82, 2.24) is 0 Å². The summed E-state index contributed by atoms with van der Waals surface area (Å²) in [5.41, 5.74) is 1.01. The average molecular weight is 337 g/mol. The van der Waals surface area contributed by atoms with E-state index < -0.39 is 17.6 Å². The number of nitrogens with zero attached hydrogens (tertiary/aromatic N) is 1. The second-order valence-corrected chi connectivity index (χ2v) is 5.07. The van der Waals surface area contributed by atoms with Gasteiger partial charge in [-0.1, -0.05) is 30.3 Å². The van der Waals surface area contributed by atoms with Crippen LogP contribution in [-0.2, 0) is 0 Å². The third-order valence-corrected chi connectivity index (χ3v) is 3.47. The quantitative estimate of drug-likeness (QED) is 0.837. The van der Waals surface area contributed by atoms with Crippen molar-refractivity contribution >= 4 is 21.6 Å². The number of hydrogen-bond donors (Lipinski definition) is 1. The molecule has 0 saturated heterocycles. The first kappa shape index (κ1) is 14.5. The molecule has 0 bridgehead atoms. The Labute approximate surface area is 124 Å². The number of halogens is 3. The fraction of sp³-hybridized carbons (Fsp3) is 0.133. The van der Waals surface area contributed by atoms with Gasteiger partial charge >= 0.3 is 0 Å². The van der Waals surface area contributed by atoms with Gasteiger partial charge in [-0.05, 0) is 27.6 Å². The molecule has 102 valence electrons. The van der Waals surface area contributed by atoms with Crippen LogP contribution >= 0.6 is 15.9 Å². The first-order valence-electron chi connectivity index (χ1n) is 5.95. The summed E-state index contributed by atoms with van der Waals surface area (Å²) < 4.78 is 26.9. The fourth-order valence-corrected chi connectivity index (χ4v) is 2.14. The second kappa shape index (κ2) is 6.49. The summed E-state index contributed by atoms with van der Waals surface area (Å²) in [6, 6.07) is 13.5. The van der Waals surface area contributed by atoms with E-state index in [-0.39, 0.29) is 16.7 Å². The molecule has 0 aliphatic rings. The molecule has 20 heavy (non-hydrogen) atoms. The van der Waals surface area contributed by atoms with Gasteiger partial charge in [0.2, 0.25) is 0 Å². The highest BCUT2D eigenvalue weighted by Gasteiger charge is 2.12. The van der Waals surface area contributed by atoms with Gasteiger partial charge in [0.1, 0.15) is 11.6 Å². The van der Waals surface area contributed by atoms with Gasteiger partial charge in [0.05, 0.1) is 22.1 Å². The van der Waals surface area contributed by atoms with Gasteiger partial charge in [-0.25, -0.2) is 8.78 Å². The Kier molecular flexibility index (Phi) is 4.70. The molecule has 0 radical (unpaired) electrons. The summed E-state index contributed by atoms with van der Waals surface area (Å²) in [5, 5.41) is 12.0. The zero-order valence-corrected chi connectivity index (χ0v) is 12.0. The van der Waals surface area contributed by atoms with E-state index in [0.717, 1.165) is 11.6 Å². The lowest BCUT2D eigenvalue weighted by Gasteiger charge is -2.13. The normalized spacial score (nSPS) is 11.7. The van der Waals surface area contributed by atoms with E-state index in [1.165, 1.54) is 6.07 Å². The smallest absolute Gasteiger partial charge is 0.149 e. The van der Waals surface area contributed by atoms with Crippen LogP contribution in [-0.4, -0.2) is 6.54 Å². The fourth-order valence-electron chi connectivity index (χ4n) is 1.79. The Bertz CT molecular complexity index is 638. The van der Waals surface area contributed by atoms with Crippen LogP contribution in [0.15, 0.2) is 46.9 Å². The summed E-state index contributed by atoms with van der Waals surface area (Å²) in [4.78, 5) is 0. The van der Waals surface area contributed by atoms with Gasteiger partial charge in [0, 0.05) is 12.6 Å². The summed E-state index contributed by atoms with van der Waals surface area (Å²) in [7, 11) is 0. The van der Waals surface area contributed by atoms with E-state index in [1.54, 1.807) is 0 Å². The maximum atomic E-state index is 13.6. The average Bonchev–Trinajstić information content (AvgIpc) is 2.46. The Hall–Kier alpha value is -1.93. The highest BCUT2D eigenvalue weighted by Crippen LogP contribution is 2.24. The van der Waals surface area contributed by atoms with E-state index in [1.807, 2.05) is 30.3 Å². The minimum Gasteiger partial charge on any atom is -0.381 e. The molecule has 2 aromatic carbocycles. The molecular weight excluding hydrogens is 326 g/mol. The van der Waals surface area contributed by atoms with Crippen LogP contribution in [0.1, 0.15) is 11.5 Å². The van der Waals surface area contributed by atoms with E-state index >= 15 is 0 Å². The third-order valence-electron chi connectivity index (χ3n) is 2.86. The van der Waals surface area contributed by atoms with E-state index in [4.69, 9.17) is 0 Å². The molecule has 0 fully saturated rings. The van der Waals surface area contributed by atoms with Crippen LogP contribution in [0.2, 0.25) is 0 Å². The van der Waals surface area contributed by atoms with Gasteiger partial charge in [-0.15, -0.1) is 0 Å². The molecule has 2 aromatic rings. The van der Waals surface area contributed by atoms with Crippen molar-refractivity contribution in [2.75, 3.05) is 11.9 Å². The van der Waals surface area contributed by atoms with Crippen molar-refractivity contribution in [1.29, 1.82) is 5.26 Å². The largest absolute Gasteiger partial charge is 0.381 e. The van der Waals surface area contributed by atoms with Crippen LogP contribution in [0.4, 0.5) is 14.5 Å².